The highest BCUT2D eigenvalue weighted by atomic mass is 35.5. The molecule has 0 unspecified atom stereocenters. The van der Waals surface area contributed by atoms with Crippen LogP contribution in [0, 0.1) is 5.92 Å². The lowest BCUT2D eigenvalue weighted by Crippen LogP contribution is -2.48. The first kappa shape index (κ1) is 23.0. The maximum Gasteiger partial charge on any atom is 0.416 e. The summed E-state index contributed by atoms with van der Waals surface area (Å²) in [5.41, 5.74) is -0.902. The molecule has 3 nitrogen and oxygen atoms in total. The zero-order chi connectivity index (χ0) is 19.5. The molecule has 0 bridgehead atoms. The first-order valence-electron chi connectivity index (χ1n) is 9.98. The minimum atomic E-state index is -4.38. The van der Waals surface area contributed by atoms with Crippen LogP contribution < -0.4 is 5.32 Å². The molecule has 2 fully saturated rings. The van der Waals surface area contributed by atoms with Crippen LogP contribution in [0.3, 0.4) is 0 Å². The first-order chi connectivity index (χ1) is 12.9. The normalized spacial score (nSPS) is 20.1. The minimum Gasteiger partial charge on any atom is -0.342 e. The van der Waals surface area contributed by atoms with Crippen LogP contribution >= 0.6 is 12.4 Å². The average Bonchev–Trinajstić information content (AvgIpc) is 3.17. The highest BCUT2D eigenvalue weighted by molar-refractivity contribution is 5.89. The third-order valence-electron chi connectivity index (χ3n) is 6.31. The second-order valence-corrected chi connectivity index (χ2v) is 8.00. The van der Waals surface area contributed by atoms with Crippen molar-refractivity contribution in [1.29, 1.82) is 0 Å². The van der Waals surface area contributed by atoms with Gasteiger partial charge < -0.3 is 10.2 Å². The molecule has 0 radical (unpaired) electrons. The van der Waals surface area contributed by atoms with Gasteiger partial charge in [-0.1, -0.05) is 31.0 Å². The molecular formula is C21H30ClF3N2O. The van der Waals surface area contributed by atoms with Gasteiger partial charge >= 0.3 is 6.18 Å². The number of carbonyl (C=O) groups excluding carboxylic acids is 1. The van der Waals surface area contributed by atoms with Crippen molar-refractivity contribution in [2.24, 2.45) is 5.92 Å². The number of carbonyl (C=O) groups is 1. The van der Waals surface area contributed by atoms with Gasteiger partial charge in [-0.2, -0.15) is 13.2 Å². The Labute approximate surface area is 171 Å². The van der Waals surface area contributed by atoms with E-state index >= 15 is 0 Å². The Morgan fingerprint density at radius 2 is 1.86 bits per heavy atom. The second-order valence-electron chi connectivity index (χ2n) is 8.00. The largest absolute Gasteiger partial charge is 0.416 e. The molecule has 0 spiro atoms. The van der Waals surface area contributed by atoms with Gasteiger partial charge in [0.25, 0.3) is 0 Å². The summed E-state index contributed by atoms with van der Waals surface area (Å²) in [6.07, 6.45) is 1.75. The Hall–Kier alpha value is -1.27. The first-order valence-corrected chi connectivity index (χ1v) is 9.98. The topological polar surface area (TPSA) is 32.3 Å². The number of halogens is 4. The summed E-state index contributed by atoms with van der Waals surface area (Å²) in [6, 6.07) is 5.43. The predicted octanol–water partition coefficient (Wildman–Crippen LogP) is 4.79. The fourth-order valence-corrected chi connectivity index (χ4v) is 4.67. The number of hydrogen-bond acceptors (Lipinski definition) is 2. The monoisotopic (exact) mass is 418 g/mol. The number of piperidine rings is 1. The Morgan fingerprint density at radius 3 is 2.43 bits per heavy atom. The minimum absolute atomic E-state index is 0. The molecule has 1 aliphatic carbocycles. The number of benzene rings is 1. The van der Waals surface area contributed by atoms with Crippen LogP contribution in [-0.2, 0) is 16.4 Å². The lowest BCUT2D eigenvalue weighted by Gasteiger charge is -2.39. The van der Waals surface area contributed by atoms with E-state index < -0.39 is 17.2 Å². The Morgan fingerprint density at radius 1 is 1.21 bits per heavy atom. The summed E-state index contributed by atoms with van der Waals surface area (Å²) >= 11 is 0. The van der Waals surface area contributed by atoms with Crippen molar-refractivity contribution >= 4 is 18.3 Å². The zero-order valence-electron chi connectivity index (χ0n) is 16.4. The molecule has 158 valence electrons. The summed E-state index contributed by atoms with van der Waals surface area (Å²) in [7, 11) is 1.94. The third kappa shape index (κ3) is 4.82. The Balaban J connectivity index is 0.00000280. The average molecular weight is 419 g/mol. The van der Waals surface area contributed by atoms with Crippen molar-refractivity contribution in [2.45, 2.75) is 56.5 Å². The molecule has 0 aromatic heterocycles. The molecule has 1 heterocycles. The van der Waals surface area contributed by atoms with E-state index in [1.54, 1.807) is 6.07 Å². The lowest BCUT2D eigenvalue weighted by atomic mass is 9.76. The van der Waals surface area contributed by atoms with Crippen LogP contribution in [0.15, 0.2) is 24.3 Å². The van der Waals surface area contributed by atoms with Gasteiger partial charge in [-0.05, 0) is 63.2 Å². The summed E-state index contributed by atoms with van der Waals surface area (Å²) in [4.78, 5) is 15.3. The molecule has 1 saturated heterocycles. The van der Waals surface area contributed by atoms with Crippen molar-refractivity contribution in [3.63, 3.8) is 0 Å². The highest BCUT2D eigenvalue weighted by Gasteiger charge is 2.46. The van der Waals surface area contributed by atoms with Gasteiger partial charge in [-0.15, -0.1) is 12.4 Å². The smallest absolute Gasteiger partial charge is 0.342 e. The van der Waals surface area contributed by atoms with Crippen molar-refractivity contribution in [3.05, 3.63) is 35.4 Å². The van der Waals surface area contributed by atoms with Crippen LogP contribution in [-0.4, -0.2) is 37.5 Å². The van der Waals surface area contributed by atoms with Crippen LogP contribution in [0.2, 0.25) is 0 Å². The van der Waals surface area contributed by atoms with E-state index in [4.69, 9.17) is 0 Å². The van der Waals surface area contributed by atoms with E-state index in [-0.39, 0.29) is 18.3 Å². The summed E-state index contributed by atoms with van der Waals surface area (Å²) in [6.45, 7) is 2.41. The van der Waals surface area contributed by atoms with Gasteiger partial charge in [0.05, 0.1) is 11.0 Å². The van der Waals surface area contributed by atoms with Crippen LogP contribution in [0.4, 0.5) is 13.2 Å². The van der Waals surface area contributed by atoms with E-state index in [1.807, 2.05) is 11.9 Å². The molecular weight excluding hydrogens is 389 g/mol. The molecule has 1 N–H and O–H groups in total. The van der Waals surface area contributed by atoms with Crippen LogP contribution in [0.1, 0.15) is 56.1 Å². The summed E-state index contributed by atoms with van der Waals surface area (Å²) in [5, 5.41) is 3.17. The summed E-state index contributed by atoms with van der Waals surface area (Å²) in [5.74, 6) is 0.654. The highest BCUT2D eigenvalue weighted by Crippen LogP contribution is 2.44. The Bertz CT molecular complexity index is 651. The van der Waals surface area contributed by atoms with E-state index in [1.165, 1.54) is 12.1 Å². The molecule has 0 atom stereocenters. The zero-order valence-corrected chi connectivity index (χ0v) is 17.2. The molecule has 1 amide bonds. The number of nitrogens with one attached hydrogen (secondary N) is 1. The maximum atomic E-state index is 13.4. The van der Waals surface area contributed by atoms with E-state index in [9.17, 15) is 18.0 Å². The van der Waals surface area contributed by atoms with Gasteiger partial charge in [0.2, 0.25) is 5.91 Å². The maximum absolute atomic E-state index is 13.4. The molecule has 1 aromatic rings. The van der Waals surface area contributed by atoms with Crippen molar-refractivity contribution in [1.82, 2.24) is 10.2 Å². The van der Waals surface area contributed by atoms with Gasteiger partial charge in [0, 0.05) is 13.1 Å². The van der Waals surface area contributed by atoms with Gasteiger partial charge in [0.15, 0.2) is 0 Å². The number of amides is 1. The van der Waals surface area contributed by atoms with Crippen molar-refractivity contribution in [2.75, 3.05) is 26.7 Å². The standard InChI is InChI=1S/C21H29F3N2O.ClH/c1-25-12-7-16-8-13-26(14-9-16)19(27)20(10-2-3-11-20)17-5-4-6-18(15-17)21(22,23)24;/h4-6,15-16,25H,2-3,7-14H2,1H3;1H. The fourth-order valence-electron chi connectivity index (χ4n) is 4.67. The number of likely N-dealkylation sites (tertiary alicyclic amines) is 1. The van der Waals surface area contributed by atoms with E-state index in [0.29, 0.717) is 37.4 Å². The quantitative estimate of drug-likeness (QED) is 0.745. The van der Waals surface area contributed by atoms with Gasteiger partial charge in [-0.3, -0.25) is 4.79 Å². The van der Waals surface area contributed by atoms with Crippen LogP contribution in [0.5, 0.6) is 0 Å². The van der Waals surface area contributed by atoms with E-state index in [0.717, 1.165) is 44.7 Å². The molecule has 1 aromatic carbocycles. The molecule has 2 aliphatic rings. The van der Waals surface area contributed by atoms with Gasteiger partial charge in [-0.25, -0.2) is 0 Å². The summed E-state index contributed by atoms with van der Waals surface area (Å²) < 4.78 is 39.5. The van der Waals surface area contributed by atoms with Crippen molar-refractivity contribution in [3.8, 4) is 0 Å². The third-order valence-corrected chi connectivity index (χ3v) is 6.31. The molecule has 7 heteroatoms. The fraction of sp³-hybridized carbons (Fsp3) is 0.667. The number of rotatable bonds is 5. The molecule has 1 aliphatic heterocycles. The number of nitrogens with zero attached hydrogens (tertiary/aromatic N) is 1. The number of alkyl halides is 3. The second kappa shape index (κ2) is 9.49. The van der Waals surface area contributed by atoms with Crippen molar-refractivity contribution < 1.29 is 18.0 Å². The number of hydrogen-bond donors (Lipinski definition) is 1. The molecule has 3 rings (SSSR count). The van der Waals surface area contributed by atoms with Crippen LogP contribution in [0.25, 0.3) is 0 Å². The predicted molar refractivity (Wildman–Crippen MR) is 107 cm³/mol. The van der Waals surface area contributed by atoms with E-state index in [2.05, 4.69) is 5.32 Å². The molecule has 28 heavy (non-hydrogen) atoms. The molecule has 1 saturated carbocycles. The lowest BCUT2D eigenvalue weighted by molar-refractivity contribution is -0.140. The SMILES string of the molecule is CNCCC1CCN(C(=O)C2(c3cccc(C(F)(F)F)c3)CCCC2)CC1.Cl. The van der Waals surface area contributed by atoms with Gasteiger partial charge in [0.1, 0.15) is 0 Å². The Kier molecular flexibility index (Phi) is 7.80.